The number of rotatable bonds is 5. The van der Waals surface area contributed by atoms with Crippen LogP contribution in [0.15, 0.2) is 18.2 Å². The highest BCUT2D eigenvalue weighted by molar-refractivity contribution is 5.85. The van der Waals surface area contributed by atoms with Gasteiger partial charge in [-0.25, -0.2) is 0 Å². The molecular formula is C16H27ClN2O3. The molecule has 1 atom stereocenters. The number of nitrogens with zero attached hydrogens (tertiary/aromatic N) is 1. The van der Waals surface area contributed by atoms with Gasteiger partial charge in [-0.2, -0.15) is 0 Å². The Morgan fingerprint density at radius 2 is 1.95 bits per heavy atom. The maximum absolute atomic E-state index is 10.1. The zero-order chi connectivity index (χ0) is 15.5. The predicted molar refractivity (Wildman–Crippen MR) is 90.0 cm³/mol. The molecule has 1 fully saturated rings. The Kier molecular flexibility index (Phi) is 6.94. The summed E-state index contributed by atoms with van der Waals surface area (Å²) in [4.78, 5) is 2.37. The van der Waals surface area contributed by atoms with Gasteiger partial charge in [0.05, 0.1) is 7.11 Å². The topological polar surface area (TPSA) is 65.0 Å². The largest absolute Gasteiger partial charge is 0.504 e. The Hall–Kier alpha value is -1.01. The van der Waals surface area contributed by atoms with Gasteiger partial charge in [-0.05, 0) is 17.7 Å². The normalized spacial score (nSPS) is 17.6. The second kappa shape index (κ2) is 8.02. The van der Waals surface area contributed by atoms with Crippen molar-refractivity contribution in [2.75, 3.05) is 39.9 Å². The number of ether oxygens (including phenoxy) is 1. The predicted octanol–water partition coefficient (Wildman–Crippen LogP) is 1.79. The molecule has 0 aliphatic carbocycles. The lowest BCUT2D eigenvalue weighted by Crippen LogP contribution is -2.49. The van der Waals surface area contributed by atoms with Crippen LogP contribution in [0, 0.1) is 5.41 Å². The van der Waals surface area contributed by atoms with E-state index in [1.165, 1.54) is 0 Å². The van der Waals surface area contributed by atoms with E-state index in [4.69, 9.17) is 4.74 Å². The monoisotopic (exact) mass is 330 g/mol. The highest BCUT2D eigenvalue weighted by Crippen LogP contribution is 2.40. The number of nitrogens with one attached hydrogen (secondary N) is 1. The minimum Gasteiger partial charge on any atom is -0.504 e. The smallest absolute Gasteiger partial charge is 0.160 e. The van der Waals surface area contributed by atoms with Gasteiger partial charge in [-0.15, -0.1) is 12.4 Å². The Balaban J connectivity index is 0.00000242. The Bertz CT molecular complexity index is 476. The van der Waals surface area contributed by atoms with Crippen LogP contribution >= 0.6 is 12.4 Å². The van der Waals surface area contributed by atoms with Crippen molar-refractivity contribution in [3.05, 3.63) is 23.8 Å². The third-order valence-electron chi connectivity index (χ3n) is 4.18. The van der Waals surface area contributed by atoms with Crippen molar-refractivity contribution in [1.82, 2.24) is 10.2 Å². The van der Waals surface area contributed by atoms with Crippen LogP contribution in [0.3, 0.4) is 0 Å². The number of hydrogen-bond donors (Lipinski definition) is 3. The number of aromatic hydroxyl groups is 1. The van der Waals surface area contributed by atoms with Crippen molar-refractivity contribution in [3.63, 3.8) is 0 Å². The van der Waals surface area contributed by atoms with Crippen molar-refractivity contribution in [1.29, 1.82) is 0 Å². The van der Waals surface area contributed by atoms with Crippen molar-refractivity contribution in [2.45, 2.75) is 19.9 Å². The molecule has 3 N–H and O–H groups in total. The molecular weight excluding hydrogens is 304 g/mol. The number of benzene rings is 1. The number of aliphatic hydroxyl groups is 1. The fourth-order valence-corrected chi connectivity index (χ4v) is 3.06. The van der Waals surface area contributed by atoms with Gasteiger partial charge in [0.15, 0.2) is 11.5 Å². The number of phenols is 1. The van der Waals surface area contributed by atoms with Crippen LogP contribution in [0.1, 0.15) is 25.5 Å². The first-order chi connectivity index (χ1) is 9.99. The molecule has 0 saturated carbocycles. The lowest BCUT2D eigenvalue weighted by molar-refractivity contribution is 0.0304. The summed E-state index contributed by atoms with van der Waals surface area (Å²) >= 11 is 0. The summed E-state index contributed by atoms with van der Waals surface area (Å²) in [6.07, 6.45) is 0. The van der Waals surface area contributed by atoms with Crippen LogP contribution in [0.5, 0.6) is 11.5 Å². The van der Waals surface area contributed by atoms with Crippen LogP contribution in [0.2, 0.25) is 0 Å². The van der Waals surface area contributed by atoms with Gasteiger partial charge in [0.1, 0.15) is 0 Å². The van der Waals surface area contributed by atoms with Gasteiger partial charge in [0.2, 0.25) is 0 Å². The first kappa shape index (κ1) is 19.0. The standard InChI is InChI=1S/C16H26N2O3.ClH/c1-16(2,11-19)15(18-8-6-17-7-9-18)12-4-5-14(21-3)13(20)10-12;/h4-5,10,15,17,19-20H,6-9,11H2,1-3H3;1H/t15-;/m1./s1. The Labute approximate surface area is 138 Å². The van der Waals surface area contributed by atoms with Gasteiger partial charge >= 0.3 is 0 Å². The summed E-state index contributed by atoms with van der Waals surface area (Å²) in [5, 5.41) is 23.2. The van der Waals surface area contributed by atoms with Gasteiger partial charge in [-0.3, -0.25) is 4.90 Å². The summed E-state index contributed by atoms with van der Waals surface area (Å²) in [7, 11) is 1.54. The molecule has 0 aromatic heterocycles. The van der Waals surface area contributed by atoms with Crippen molar-refractivity contribution in [2.24, 2.45) is 5.41 Å². The Morgan fingerprint density at radius 1 is 1.32 bits per heavy atom. The number of phenolic OH excluding ortho intramolecular Hbond substituents is 1. The summed E-state index contributed by atoms with van der Waals surface area (Å²) in [5.74, 6) is 0.614. The molecule has 0 radical (unpaired) electrons. The molecule has 0 bridgehead atoms. The van der Waals surface area contributed by atoms with E-state index < -0.39 is 0 Å². The molecule has 22 heavy (non-hydrogen) atoms. The quantitative estimate of drug-likeness (QED) is 0.768. The van der Waals surface area contributed by atoms with E-state index in [2.05, 4.69) is 24.1 Å². The van der Waals surface area contributed by atoms with E-state index in [-0.39, 0.29) is 36.2 Å². The molecule has 0 spiro atoms. The van der Waals surface area contributed by atoms with E-state index >= 15 is 0 Å². The third-order valence-corrected chi connectivity index (χ3v) is 4.18. The fourth-order valence-electron chi connectivity index (χ4n) is 3.06. The first-order valence-electron chi connectivity index (χ1n) is 7.42. The molecule has 6 heteroatoms. The lowest BCUT2D eigenvalue weighted by Gasteiger charge is -2.43. The minimum atomic E-state index is -0.293. The molecule has 2 rings (SSSR count). The average molecular weight is 331 g/mol. The van der Waals surface area contributed by atoms with Gasteiger partial charge in [-0.1, -0.05) is 19.9 Å². The molecule has 126 valence electrons. The van der Waals surface area contributed by atoms with Crippen molar-refractivity contribution in [3.8, 4) is 11.5 Å². The molecule has 1 heterocycles. The zero-order valence-electron chi connectivity index (χ0n) is 13.5. The summed E-state index contributed by atoms with van der Waals surface area (Å²) < 4.78 is 5.11. The maximum atomic E-state index is 10.1. The second-order valence-corrected chi connectivity index (χ2v) is 6.27. The molecule has 1 aromatic carbocycles. The van der Waals surface area contributed by atoms with Gasteiger partial charge in [0.25, 0.3) is 0 Å². The van der Waals surface area contributed by atoms with Crippen LogP contribution in [-0.4, -0.2) is 55.0 Å². The number of halogens is 1. The molecule has 5 nitrogen and oxygen atoms in total. The fraction of sp³-hybridized carbons (Fsp3) is 0.625. The summed E-state index contributed by atoms with van der Waals surface area (Å²) in [5.41, 5.74) is 0.715. The first-order valence-corrected chi connectivity index (χ1v) is 7.42. The van der Waals surface area contributed by atoms with E-state index in [1.807, 2.05) is 6.07 Å². The van der Waals surface area contributed by atoms with Crippen LogP contribution in [0.25, 0.3) is 0 Å². The van der Waals surface area contributed by atoms with E-state index in [0.717, 1.165) is 31.7 Å². The number of piperazine rings is 1. The SMILES string of the molecule is COc1ccc([C@@H](N2CCNCC2)C(C)(C)CO)cc1O.Cl. The summed E-state index contributed by atoms with van der Waals surface area (Å²) in [6, 6.07) is 5.57. The molecule has 1 aromatic rings. The molecule has 0 unspecified atom stereocenters. The van der Waals surface area contributed by atoms with E-state index in [9.17, 15) is 10.2 Å². The maximum Gasteiger partial charge on any atom is 0.160 e. The zero-order valence-corrected chi connectivity index (χ0v) is 14.3. The van der Waals surface area contributed by atoms with E-state index in [0.29, 0.717) is 5.75 Å². The molecule has 1 aliphatic rings. The van der Waals surface area contributed by atoms with Crippen LogP contribution in [-0.2, 0) is 0 Å². The highest BCUT2D eigenvalue weighted by atomic mass is 35.5. The van der Waals surface area contributed by atoms with Gasteiger partial charge in [0, 0.05) is 44.2 Å². The van der Waals surface area contributed by atoms with E-state index in [1.54, 1.807) is 19.2 Å². The van der Waals surface area contributed by atoms with Gasteiger partial charge < -0.3 is 20.3 Å². The molecule has 1 aliphatic heterocycles. The van der Waals surface area contributed by atoms with Crippen molar-refractivity contribution >= 4 is 12.4 Å². The third kappa shape index (κ3) is 4.04. The number of methoxy groups -OCH3 is 1. The molecule has 1 saturated heterocycles. The average Bonchev–Trinajstić information content (AvgIpc) is 2.48. The van der Waals surface area contributed by atoms with Crippen LogP contribution in [0.4, 0.5) is 0 Å². The Morgan fingerprint density at radius 3 is 2.45 bits per heavy atom. The lowest BCUT2D eigenvalue weighted by atomic mass is 9.79. The number of aliphatic hydroxyl groups excluding tert-OH is 1. The second-order valence-electron chi connectivity index (χ2n) is 6.27. The summed E-state index contributed by atoms with van der Waals surface area (Å²) in [6.45, 7) is 7.96. The minimum absolute atomic E-state index is 0. The highest BCUT2D eigenvalue weighted by Gasteiger charge is 2.35. The van der Waals surface area contributed by atoms with Crippen molar-refractivity contribution < 1.29 is 14.9 Å². The van der Waals surface area contributed by atoms with Crippen LogP contribution < -0.4 is 10.1 Å². The number of hydrogen-bond acceptors (Lipinski definition) is 5. The molecule has 0 amide bonds.